The van der Waals surface area contributed by atoms with Crippen LogP contribution in [0.4, 0.5) is 13.2 Å². The summed E-state index contributed by atoms with van der Waals surface area (Å²) in [6.07, 6.45) is 11.0. The van der Waals surface area contributed by atoms with Gasteiger partial charge in [-0.3, -0.25) is 0 Å². The van der Waals surface area contributed by atoms with E-state index in [2.05, 4.69) is 0 Å². The van der Waals surface area contributed by atoms with E-state index in [9.17, 15) is 18.0 Å². The molecule has 0 unspecified atom stereocenters. The second kappa shape index (κ2) is 10.4. The molecule has 162 valence electrons. The van der Waals surface area contributed by atoms with E-state index >= 15 is 0 Å². The van der Waals surface area contributed by atoms with Crippen LogP contribution in [-0.2, 0) is 29.7 Å². The normalized spacial score (nSPS) is 24.9. The Balaban J connectivity index is 0.00000261. The van der Waals surface area contributed by atoms with Gasteiger partial charge in [0.15, 0.2) is 0 Å². The van der Waals surface area contributed by atoms with E-state index in [0.717, 1.165) is 77.0 Å². The van der Waals surface area contributed by atoms with Gasteiger partial charge >= 0.3 is 155 Å². The fourth-order valence-corrected chi connectivity index (χ4v) is 13.0. The van der Waals surface area contributed by atoms with Crippen molar-refractivity contribution in [2.45, 2.75) is 119 Å². The molecule has 0 saturated heterocycles. The minimum absolute atomic E-state index is 0. The molecule has 3 aliphatic rings. The van der Waals surface area contributed by atoms with Crippen molar-refractivity contribution in [3.05, 3.63) is 0 Å². The third-order valence-corrected chi connectivity index (χ3v) is 13.3. The Hall–Kier alpha value is 0.352. The summed E-state index contributed by atoms with van der Waals surface area (Å²) in [6.45, 7) is 0. The second-order valence-electron chi connectivity index (χ2n) is 8.75. The largest absolute Gasteiger partial charge is 0 e. The molecule has 3 fully saturated rings. The molecule has 0 aromatic carbocycles. The van der Waals surface area contributed by atoms with Crippen LogP contribution < -0.4 is 0 Å². The van der Waals surface area contributed by atoms with E-state index < -0.39 is 19.6 Å². The average Bonchev–Trinajstić information content (AvgIpc) is 2.67. The Morgan fingerprint density at radius 2 is 0.963 bits per heavy atom. The monoisotopic (exact) mass is 500 g/mol. The van der Waals surface area contributed by atoms with Gasteiger partial charge in [0.2, 0.25) is 0 Å². The van der Waals surface area contributed by atoms with Crippen LogP contribution >= 0.6 is 7.49 Å². The van der Waals surface area contributed by atoms with Crippen molar-refractivity contribution in [3.8, 4) is 0 Å². The summed E-state index contributed by atoms with van der Waals surface area (Å²) in [7, 11) is -2.84. The molecular formula is C20H34F3O2PPd. The van der Waals surface area contributed by atoms with E-state index in [0.29, 0.717) is 0 Å². The van der Waals surface area contributed by atoms with Gasteiger partial charge in [-0.25, -0.2) is 0 Å². The minimum atomic E-state index is -4.86. The smallest absolute Gasteiger partial charge is 0 e. The van der Waals surface area contributed by atoms with Crippen molar-refractivity contribution >= 4 is 13.5 Å². The van der Waals surface area contributed by atoms with Gasteiger partial charge in [-0.2, -0.15) is 0 Å². The Kier molecular flexibility index (Phi) is 9.10. The van der Waals surface area contributed by atoms with Crippen LogP contribution in [0.1, 0.15) is 96.3 Å². The summed E-state index contributed by atoms with van der Waals surface area (Å²) in [4.78, 5) is 12.1. The molecule has 2 nitrogen and oxygen atoms in total. The van der Waals surface area contributed by atoms with Crippen LogP contribution in [0, 0.1) is 0 Å². The molecule has 3 aliphatic carbocycles. The zero-order valence-electron chi connectivity index (χ0n) is 16.1. The molecule has 0 amide bonds. The molecule has 0 N–H and O–H groups in total. The van der Waals surface area contributed by atoms with E-state index in [-0.39, 0.29) is 37.4 Å². The molecule has 7 heteroatoms. The van der Waals surface area contributed by atoms with Gasteiger partial charge in [0.05, 0.1) is 0 Å². The number of carbonyl (C=O) groups is 1. The first kappa shape index (κ1) is 23.6. The second-order valence-corrected chi connectivity index (χ2v) is 13.1. The molecular weight excluding hydrogens is 467 g/mol. The minimum Gasteiger partial charge on any atom is 0 e. The first-order valence-electron chi connectivity index (χ1n) is 10.7. The van der Waals surface area contributed by atoms with Crippen LogP contribution in [0.15, 0.2) is 0 Å². The van der Waals surface area contributed by atoms with Gasteiger partial charge in [0, 0.05) is 20.4 Å². The van der Waals surface area contributed by atoms with E-state index in [4.69, 9.17) is 4.52 Å². The van der Waals surface area contributed by atoms with Crippen molar-refractivity contribution in [2.75, 3.05) is 0 Å². The molecule has 0 aromatic heterocycles. The molecule has 3 saturated carbocycles. The van der Waals surface area contributed by atoms with Crippen molar-refractivity contribution in [3.63, 3.8) is 0 Å². The zero-order chi connectivity index (χ0) is 18.6. The molecule has 0 aromatic rings. The van der Waals surface area contributed by atoms with E-state index in [1.807, 2.05) is 0 Å². The standard InChI is InChI=1S/C20H34F3O2P.Pd/c21-20(22,23)19(24)25-26(16-10-4-1-5-11-16,17-12-6-2-7-13-17)18-14-8-3-9-15-18;/h16-18,26H,1-15H2;. The Morgan fingerprint density at radius 3 is 1.22 bits per heavy atom. The van der Waals surface area contributed by atoms with Crippen molar-refractivity contribution < 1.29 is 42.9 Å². The van der Waals surface area contributed by atoms with Gasteiger partial charge < -0.3 is 0 Å². The fraction of sp³-hybridized carbons (Fsp3) is 0.950. The SMILES string of the molecule is O=C(O[PH](C1CCCCC1)(C1CCCCC1)C1CCCCC1)C(F)(F)F.[Pd]. The molecule has 0 radical (unpaired) electrons. The Morgan fingerprint density at radius 1 is 0.667 bits per heavy atom. The molecule has 0 bridgehead atoms. The summed E-state index contributed by atoms with van der Waals surface area (Å²) in [5, 5.41) is 0. The van der Waals surface area contributed by atoms with Crippen molar-refractivity contribution in [1.82, 2.24) is 0 Å². The number of hydrogen-bond donors (Lipinski definition) is 0. The van der Waals surface area contributed by atoms with Gasteiger partial charge in [-0.15, -0.1) is 0 Å². The number of halogens is 3. The maximum Gasteiger partial charge on any atom is 0 e. The van der Waals surface area contributed by atoms with Crippen molar-refractivity contribution in [1.29, 1.82) is 0 Å². The first-order valence-corrected chi connectivity index (χ1v) is 12.9. The predicted octanol–water partition coefficient (Wildman–Crippen LogP) is 6.75. The first-order chi connectivity index (χ1) is 12.4. The molecule has 0 atom stereocenters. The summed E-state index contributed by atoms with van der Waals surface area (Å²) >= 11 is 0. The van der Waals surface area contributed by atoms with Gasteiger partial charge in [-0.05, 0) is 0 Å². The maximum atomic E-state index is 13.2. The summed E-state index contributed by atoms with van der Waals surface area (Å²) in [5.74, 6) is -1.88. The summed E-state index contributed by atoms with van der Waals surface area (Å²) in [5.41, 5.74) is 0.733. The van der Waals surface area contributed by atoms with Gasteiger partial charge in [0.1, 0.15) is 0 Å². The van der Waals surface area contributed by atoms with Crippen LogP contribution in [0.5, 0.6) is 0 Å². The number of rotatable bonds is 4. The quantitative estimate of drug-likeness (QED) is 0.315. The summed E-state index contributed by atoms with van der Waals surface area (Å²) < 4.78 is 45.5. The summed E-state index contributed by atoms with van der Waals surface area (Å²) in [6, 6.07) is 0. The van der Waals surface area contributed by atoms with E-state index in [1.54, 1.807) is 0 Å². The molecule has 27 heavy (non-hydrogen) atoms. The van der Waals surface area contributed by atoms with Gasteiger partial charge in [0.25, 0.3) is 0 Å². The van der Waals surface area contributed by atoms with Crippen LogP contribution in [-0.4, -0.2) is 29.1 Å². The van der Waals surface area contributed by atoms with Crippen LogP contribution in [0.2, 0.25) is 0 Å². The maximum absolute atomic E-state index is 13.2. The molecule has 3 rings (SSSR count). The predicted molar refractivity (Wildman–Crippen MR) is 101 cm³/mol. The zero-order valence-corrected chi connectivity index (χ0v) is 18.7. The van der Waals surface area contributed by atoms with Crippen LogP contribution in [0.3, 0.4) is 0 Å². The third kappa shape index (κ3) is 5.49. The number of carbonyl (C=O) groups excluding carboxylic acids is 1. The Bertz CT molecular complexity index is 423. The number of alkyl halides is 3. The molecule has 0 heterocycles. The molecule has 0 aliphatic heterocycles. The van der Waals surface area contributed by atoms with Gasteiger partial charge in [-0.1, -0.05) is 0 Å². The topological polar surface area (TPSA) is 26.3 Å². The average molecular weight is 501 g/mol. The third-order valence-electron chi connectivity index (χ3n) is 7.23. The Labute approximate surface area is 175 Å². The van der Waals surface area contributed by atoms with E-state index in [1.165, 1.54) is 19.3 Å². The fourth-order valence-electron chi connectivity index (χ4n) is 6.13. The number of hydrogen-bond acceptors (Lipinski definition) is 2. The van der Waals surface area contributed by atoms with Crippen LogP contribution in [0.25, 0.3) is 0 Å². The van der Waals surface area contributed by atoms with Crippen molar-refractivity contribution in [2.24, 2.45) is 0 Å². The molecule has 0 spiro atoms.